The number of ketones is 1. The van der Waals surface area contributed by atoms with Crippen LogP contribution < -0.4 is 4.74 Å². The number of hydrogen-bond donors (Lipinski definition) is 0. The first-order valence-electron chi connectivity index (χ1n) is 5.09. The largest absolute Gasteiger partial charge is 0.454 e. The van der Waals surface area contributed by atoms with Crippen molar-refractivity contribution >= 4 is 17.4 Å². The number of ether oxygens (including phenoxy) is 1. The Labute approximate surface area is 104 Å². The van der Waals surface area contributed by atoms with E-state index < -0.39 is 0 Å². The van der Waals surface area contributed by atoms with Gasteiger partial charge in [0.15, 0.2) is 11.5 Å². The van der Waals surface area contributed by atoms with Crippen molar-refractivity contribution in [2.24, 2.45) is 0 Å². The number of hydrogen-bond acceptors (Lipinski definition) is 3. The van der Waals surface area contributed by atoms with Crippen molar-refractivity contribution in [2.75, 3.05) is 0 Å². The lowest BCUT2D eigenvalue weighted by molar-refractivity contribution is -0.117. The van der Waals surface area contributed by atoms with E-state index in [4.69, 9.17) is 16.3 Å². The zero-order valence-corrected chi connectivity index (χ0v) is 10.0. The molecule has 0 spiro atoms. The summed E-state index contributed by atoms with van der Waals surface area (Å²) in [6, 6.07) is 7.03. The standard InChI is InChI=1S/C12H11ClN2O2/c1-9(16)7-15-8-12(6-14-15)17-11-4-2-10(13)3-5-11/h2-6,8H,7H2,1H3. The van der Waals surface area contributed by atoms with E-state index in [-0.39, 0.29) is 12.3 Å². The van der Waals surface area contributed by atoms with E-state index in [0.29, 0.717) is 16.5 Å². The van der Waals surface area contributed by atoms with Crippen LogP contribution in [0.4, 0.5) is 0 Å². The van der Waals surface area contributed by atoms with Crippen LogP contribution in [0.5, 0.6) is 11.5 Å². The smallest absolute Gasteiger partial charge is 0.165 e. The van der Waals surface area contributed by atoms with Gasteiger partial charge in [0.2, 0.25) is 0 Å². The highest BCUT2D eigenvalue weighted by Gasteiger charge is 2.02. The molecule has 5 heteroatoms. The van der Waals surface area contributed by atoms with Gasteiger partial charge in [-0.3, -0.25) is 9.48 Å². The van der Waals surface area contributed by atoms with E-state index in [1.807, 2.05) is 0 Å². The zero-order chi connectivity index (χ0) is 12.3. The fraction of sp³-hybridized carbons (Fsp3) is 0.167. The summed E-state index contributed by atoms with van der Waals surface area (Å²) in [6.45, 7) is 1.77. The van der Waals surface area contributed by atoms with E-state index in [9.17, 15) is 4.79 Å². The van der Waals surface area contributed by atoms with E-state index in [1.165, 1.54) is 11.6 Å². The summed E-state index contributed by atoms with van der Waals surface area (Å²) in [4.78, 5) is 10.9. The summed E-state index contributed by atoms with van der Waals surface area (Å²) >= 11 is 5.77. The Balaban J connectivity index is 2.06. The molecule has 0 aliphatic heterocycles. The summed E-state index contributed by atoms with van der Waals surface area (Å²) < 4.78 is 7.08. The van der Waals surface area contributed by atoms with Crippen LogP contribution in [0.2, 0.25) is 5.02 Å². The molecule has 0 fully saturated rings. The highest BCUT2D eigenvalue weighted by Crippen LogP contribution is 2.22. The SMILES string of the molecule is CC(=O)Cn1cc(Oc2ccc(Cl)cc2)cn1. The fourth-order valence-corrected chi connectivity index (χ4v) is 1.48. The van der Waals surface area contributed by atoms with Gasteiger partial charge in [-0.1, -0.05) is 11.6 Å². The molecular weight excluding hydrogens is 240 g/mol. The summed E-state index contributed by atoms with van der Waals surface area (Å²) in [7, 11) is 0. The topological polar surface area (TPSA) is 44.1 Å². The van der Waals surface area contributed by atoms with Crippen molar-refractivity contribution < 1.29 is 9.53 Å². The molecule has 0 amide bonds. The molecule has 0 aliphatic carbocycles. The van der Waals surface area contributed by atoms with Gasteiger partial charge in [0.1, 0.15) is 5.75 Å². The Morgan fingerprint density at radius 3 is 2.71 bits per heavy atom. The average molecular weight is 251 g/mol. The number of rotatable bonds is 4. The summed E-state index contributed by atoms with van der Waals surface area (Å²) in [6.07, 6.45) is 3.24. The van der Waals surface area contributed by atoms with E-state index in [1.54, 1.807) is 36.7 Å². The maximum Gasteiger partial charge on any atom is 0.165 e. The van der Waals surface area contributed by atoms with E-state index >= 15 is 0 Å². The van der Waals surface area contributed by atoms with Gasteiger partial charge in [-0.05, 0) is 31.2 Å². The second-order valence-electron chi connectivity index (χ2n) is 3.63. The van der Waals surface area contributed by atoms with Crippen LogP contribution in [0.25, 0.3) is 0 Å². The van der Waals surface area contributed by atoms with Crippen molar-refractivity contribution in [3.63, 3.8) is 0 Å². The number of nitrogens with zero attached hydrogens (tertiary/aromatic N) is 2. The van der Waals surface area contributed by atoms with Gasteiger partial charge in [0, 0.05) is 5.02 Å². The Morgan fingerprint density at radius 2 is 2.06 bits per heavy atom. The van der Waals surface area contributed by atoms with Crippen LogP contribution in [0.3, 0.4) is 0 Å². The molecule has 0 aliphatic rings. The third-order valence-electron chi connectivity index (χ3n) is 2.04. The number of Topliss-reactive ketones (excluding diaryl/α,β-unsaturated/α-hetero) is 1. The number of carbonyl (C=O) groups excluding carboxylic acids is 1. The normalized spacial score (nSPS) is 10.2. The molecule has 17 heavy (non-hydrogen) atoms. The van der Waals surface area contributed by atoms with Crippen molar-refractivity contribution in [3.05, 3.63) is 41.7 Å². The third kappa shape index (κ3) is 3.32. The monoisotopic (exact) mass is 250 g/mol. The van der Waals surface area contributed by atoms with E-state index in [0.717, 1.165) is 0 Å². The fourth-order valence-electron chi connectivity index (χ4n) is 1.35. The van der Waals surface area contributed by atoms with Gasteiger partial charge in [-0.2, -0.15) is 5.10 Å². The van der Waals surface area contributed by atoms with Crippen LogP contribution in [0.1, 0.15) is 6.92 Å². The first-order chi connectivity index (χ1) is 8.13. The second-order valence-corrected chi connectivity index (χ2v) is 4.07. The van der Waals surface area contributed by atoms with Crippen LogP contribution in [-0.2, 0) is 11.3 Å². The molecular formula is C12H11ClN2O2. The number of benzene rings is 1. The van der Waals surface area contributed by atoms with Crippen molar-refractivity contribution in [1.82, 2.24) is 9.78 Å². The summed E-state index contributed by atoms with van der Waals surface area (Å²) in [5.41, 5.74) is 0. The van der Waals surface area contributed by atoms with Crippen molar-refractivity contribution in [3.8, 4) is 11.5 Å². The highest BCUT2D eigenvalue weighted by molar-refractivity contribution is 6.30. The Kier molecular flexibility index (Phi) is 3.44. The van der Waals surface area contributed by atoms with Crippen LogP contribution in [0, 0.1) is 0 Å². The molecule has 4 nitrogen and oxygen atoms in total. The molecule has 0 radical (unpaired) electrons. The summed E-state index contributed by atoms with van der Waals surface area (Å²) in [5.74, 6) is 1.32. The number of carbonyl (C=O) groups is 1. The van der Waals surface area contributed by atoms with Gasteiger partial charge in [-0.15, -0.1) is 0 Å². The molecule has 0 atom stereocenters. The lowest BCUT2D eigenvalue weighted by atomic mass is 10.3. The lowest BCUT2D eigenvalue weighted by Gasteiger charge is -2.01. The molecule has 0 saturated heterocycles. The molecule has 2 aromatic rings. The minimum atomic E-state index is 0.0474. The minimum Gasteiger partial charge on any atom is -0.454 e. The first kappa shape index (κ1) is 11.7. The lowest BCUT2D eigenvalue weighted by Crippen LogP contribution is -2.05. The minimum absolute atomic E-state index is 0.0474. The van der Waals surface area contributed by atoms with Crippen molar-refractivity contribution in [1.29, 1.82) is 0 Å². The molecule has 0 saturated carbocycles. The van der Waals surface area contributed by atoms with Crippen LogP contribution in [-0.4, -0.2) is 15.6 Å². The Bertz CT molecular complexity index is 520. The molecule has 0 N–H and O–H groups in total. The quantitative estimate of drug-likeness (QED) is 0.838. The molecule has 1 heterocycles. The number of aromatic nitrogens is 2. The first-order valence-corrected chi connectivity index (χ1v) is 5.46. The Hall–Kier alpha value is -1.81. The van der Waals surface area contributed by atoms with Gasteiger partial charge >= 0.3 is 0 Å². The summed E-state index contributed by atoms with van der Waals surface area (Å²) in [5, 5.41) is 4.67. The third-order valence-corrected chi connectivity index (χ3v) is 2.30. The van der Waals surface area contributed by atoms with Crippen LogP contribution in [0.15, 0.2) is 36.7 Å². The van der Waals surface area contributed by atoms with Gasteiger partial charge in [-0.25, -0.2) is 0 Å². The van der Waals surface area contributed by atoms with Gasteiger partial charge < -0.3 is 4.74 Å². The van der Waals surface area contributed by atoms with Crippen LogP contribution >= 0.6 is 11.6 Å². The van der Waals surface area contributed by atoms with Gasteiger partial charge in [0.25, 0.3) is 0 Å². The average Bonchev–Trinajstić information content (AvgIpc) is 2.68. The predicted octanol–water partition coefficient (Wildman–Crippen LogP) is 2.92. The molecule has 1 aromatic carbocycles. The second kappa shape index (κ2) is 5.01. The maximum atomic E-state index is 10.9. The molecule has 1 aromatic heterocycles. The molecule has 2 rings (SSSR count). The zero-order valence-electron chi connectivity index (χ0n) is 9.26. The molecule has 0 bridgehead atoms. The number of halogens is 1. The Morgan fingerprint density at radius 1 is 1.35 bits per heavy atom. The van der Waals surface area contributed by atoms with Crippen molar-refractivity contribution in [2.45, 2.75) is 13.5 Å². The highest BCUT2D eigenvalue weighted by atomic mass is 35.5. The maximum absolute atomic E-state index is 10.9. The molecule has 0 unspecified atom stereocenters. The predicted molar refractivity (Wildman–Crippen MR) is 64.4 cm³/mol. The van der Waals surface area contributed by atoms with Gasteiger partial charge in [0.05, 0.1) is 18.9 Å². The van der Waals surface area contributed by atoms with E-state index in [2.05, 4.69) is 5.10 Å². The molecule has 88 valence electrons.